The number of likely N-dealkylation sites (N-methyl/N-ethyl adjacent to an activating group) is 1. The van der Waals surface area contributed by atoms with Crippen LogP contribution in [0.3, 0.4) is 0 Å². The van der Waals surface area contributed by atoms with Crippen LogP contribution < -0.4 is 5.32 Å². The Bertz CT molecular complexity index is 1400. The van der Waals surface area contributed by atoms with E-state index in [-0.39, 0.29) is 37.2 Å². The van der Waals surface area contributed by atoms with Crippen molar-refractivity contribution in [2.45, 2.75) is 205 Å². The highest BCUT2D eigenvalue weighted by Crippen LogP contribution is 2.42. The molecule has 0 aliphatic carbocycles. The van der Waals surface area contributed by atoms with Crippen LogP contribution in [0.25, 0.3) is 0 Å². The van der Waals surface area contributed by atoms with E-state index in [1.165, 1.54) is 28.3 Å². The van der Waals surface area contributed by atoms with Crippen LogP contribution in [0.5, 0.6) is 0 Å². The quantitative estimate of drug-likeness (QED) is 0.156. The van der Waals surface area contributed by atoms with Gasteiger partial charge in [0.1, 0.15) is 29.2 Å². The molecule has 3 aliphatic heterocycles. The summed E-state index contributed by atoms with van der Waals surface area (Å²) < 4.78 is 57.0. The van der Waals surface area contributed by atoms with E-state index in [1.54, 1.807) is 27.7 Å². The third-order valence-corrected chi connectivity index (χ3v) is 13.7. The van der Waals surface area contributed by atoms with Gasteiger partial charge in [-0.3, -0.25) is 9.59 Å². The van der Waals surface area contributed by atoms with Gasteiger partial charge in [-0.2, -0.15) is 0 Å². The lowest BCUT2D eigenvalue weighted by Crippen LogP contribution is -2.62. The second kappa shape index (κ2) is 22.8. The molecule has 16 nitrogen and oxygen atoms in total. The summed E-state index contributed by atoms with van der Waals surface area (Å²) in [5.74, 6) is -4.03. The minimum Gasteiger partial charge on any atom is -0.459 e. The van der Waals surface area contributed by atoms with Crippen LogP contribution in [0.4, 0.5) is 4.79 Å². The van der Waals surface area contributed by atoms with E-state index >= 15 is 0 Å². The zero-order valence-corrected chi connectivity index (χ0v) is 40.1. The molecule has 3 aliphatic rings. The van der Waals surface area contributed by atoms with E-state index in [0.29, 0.717) is 13.0 Å². The Morgan fingerprint density at radius 3 is 2.05 bits per heavy atom. The summed E-state index contributed by atoms with van der Waals surface area (Å²) in [6.07, 6.45) is -5.73. The summed E-state index contributed by atoms with van der Waals surface area (Å²) in [5.41, 5.74) is -4.08. The largest absolute Gasteiger partial charge is 0.459 e. The molecule has 0 saturated carbocycles. The molecule has 0 radical (unpaired) electrons. The van der Waals surface area contributed by atoms with E-state index in [1.807, 2.05) is 53.6 Å². The highest BCUT2D eigenvalue weighted by molar-refractivity contribution is 5.83. The van der Waals surface area contributed by atoms with E-state index in [0.717, 1.165) is 19.3 Å². The predicted octanol–water partition coefficient (Wildman–Crippen LogP) is 5.02. The average molecular weight is 875 g/mol. The number of Topliss-reactive ketones (excluding diaryl/α,β-unsaturated/α-hetero) is 1. The van der Waals surface area contributed by atoms with Crippen LogP contribution in [0, 0.1) is 23.7 Å². The lowest BCUT2D eigenvalue weighted by Gasteiger charge is -2.50. The number of nitrogens with one attached hydrogen (secondary N) is 1. The molecule has 0 bridgehead atoms. The molecule has 0 unspecified atom stereocenters. The van der Waals surface area contributed by atoms with Crippen LogP contribution in [-0.2, 0) is 52.2 Å². The normalized spacial score (nSPS) is 43.4. The summed E-state index contributed by atoms with van der Waals surface area (Å²) in [7, 11) is 8.28. The van der Waals surface area contributed by atoms with Gasteiger partial charge in [0, 0.05) is 58.1 Å². The number of methoxy groups -OCH3 is 3. The molecule has 16 heteroatoms. The summed E-state index contributed by atoms with van der Waals surface area (Å²) >= 11 is 0. The molecule has 61 heavy (non-hydrogen) atoms. The van der Waals surface area contributed by atoms with Gasteiger partial charge in [0.05, 0.1) is 42.0 Å². The predicted molar refractivity (Wildman–Crippen MR) is 228 cm³/mol. The number of amides is 1. The third-order valence-electron chi connectivity index (χ3n) is 13.7. The van der Waals surface area contributed by atoms with Gasteiger partial charge in [-0.25, -0.2) is 4.79 Å². The topological polar surface area (TPSA) is 190 Å². The SMILES string of the molecule is CCCCCNC(=O)O[C@H]1[C@H](C)O[C@@H](O[C@H]2[C@H](C)[C@@H](O[C@@H]3O[C@H](C)C[C@H](N(C)C)[C@H]3O)[C@](C)(OC)C[C@@H](C)C(=O)[C@H](C)[C@@H](OC)[C@](C)(O)[C@@H](CC)OC(=O)[C@@H]2C)C[C@@]1(C)OC. The molecule has 3 fully saturated rings. The zero-order chi connectivity index (χ0) is 46.2. The number of hydrogen-bond acceptors (Lipinski definition) is 15. The standard InChI is InChI=1S/C45H82N2O14/c1-17-19-20-21-46-42(51)61-39-30(8)57-33(24-44(39,10)55-16)59-36-28(6)37(60-41-35(49)31(47(12)13)22-26(4)56-41)43(9,54-15)23-25(3)34(48)27(5)38(53-14)45(11,52)32(18-2)58-40(50)29(36)7/h25-33,35-39,41,49,52H,17-24H2,1-16H3,(H,46,51)/t25-,26-,27+,28+,29-,30+,31+,32-,33+,35-,36+,37-,38-,39+,41+,43-,44-,45-/m1/s1. The van der Waals surface area contributed by atoms with Gasteiger partial charge in [0.2, 0.25) is 0 Å². The van der Waals surface area contributed by atoms with Crippen molar-refractivity contribution in [3.63, 3.8) is 0 Å². The van der Waals surface area contributed by atoms with Crippen molar-refractivity contribution < 1.29 is 67.2 Å². The van der Waals surface area contributed by atoms with Crippen LogP contribution >= 0.6 is 0 Å². The van der Waals surface area contributed by atoms with Gasteiger partial charge in [-0.1, -0.05) is 47.5 Å². The molecule has 3 heterocycles. The van der Waals surface area contributed by atoms with Crippen LogP contribution in [0.1, 0.15) is 121 Å². The van der Waals surface area contributed by atoms with Crippen molar-refractivity contribution in [2.75, 3.05) is 42.0 Å². The number of ether oxygens (including phenoxy) is 9. The van der Waals surface area contributed by atoms with Gasteiger partial charge in [-0.05, 0) is 81.3 Å². The third kappa shape index (κ3) is 12.6. The maximum atomic E-state index is 14.5. The van der Waals surface area contributed by atoms with Gasteiger partial charge in [0.25, 0.3) is 0 Å². The first-order valence-electron chi connectivity index (χ1n) is 22.5. The number of alkyl carbamates (subject to hydrolysis) is 1. The molecule has 0 aromatic carbocycles. The minimum atomic E-state index is -1.76. The molecule has 18 atom stereocenters. The second-order valence-electron chi connectivity index (χ2n) is 18.9. The molecular weight excluding hydrogens is 792 g/mol. The zero-order valence-electron chi connectivity index (χ0n) is 40.1. The van der Waals surface area contributed by atoms with Crippen molar-refractivity contribution in [1.29, 1.82) is 0 Å². The molecule has 1 amide bonds. The van der Waals surface area contributed by atoms with Gasteiger partial charge in [-0.15, -0.1) is 0 Å². The Morgan fingerprint density at radius 2 is 1.49 bits per heavy atom. The number of cyclic esters (lactones) is 1. The lowest BCUT2D eigenvalue weighted by atomic mass is 9.73. The van der Waals surface area contributed by atoms with Crippen molar-refractivity contribution in [2.24, 2.45) is 23.7 Å². The van der Waals surface area contributed by atoms with Crippen LogP contribution in [-0.4, -0.2) is 159 Å². The Kier molecular flexibility index (Phi) is 19.9. The highest BCUT2D eigenvalue weighted by atomic mass is 16.7. The van der Waals surface area contributed by atoms with E-state index in [2.05, 4.69) is 12.2 Å². The molecule has 3 saturated heterocycles. The number of carbonyl (C=O) groups excluding carboxylic acids is 3. The molecule has 0 aromatic rings. The monoisotopic (exact) mass is 875 g/mol. The van der Waals surface area contributed by atoms with Gasteiger partial charge in [0.15, 0.2) is 18.7 Å². The highest BCUT2D eigenvalue weighted by Gasteiger charge is 2.55. The maximum Gasteiger partial charge on any atom is 0.407 e. The summed E-state index contributed by atoms with van der Waals surface area (Å²) in [6.45, 7) is 20.3. The first kappa shape index (κ1) is 53.3. The van der Waals surface area contributed by atoms with Gasteiger partial charge < -0.3 is 63.1 Å². The number of unbranched alkanes of at least 4 members (excludes halogenated alkanes) is 2. The van der Waals surface area contributed by atoms with Crippen LogP contribution in [0.15, 0.2) is 0 Å². The molecule has 0 spiro atoms. The summed E-state index contributed by atoms with van der Waals surface area (Å²) in [6, 6.07) is -0.291. The van der Waals surface area contributed by atoms with Crippen molar-refractivity contribution in [3.05, 3.63) is 0 Å². The first-order valence-corrected chi connectivity index (χ1v) is 22.5. The first-order chi connectivity index (χ1) is 28.5. The number of nitrogens with zero attached hydrogens (tertiary/aromatic N) is 1. The van der Waals surface area contributed by atoms with Gasteiger partial charge >= 0.3 is 12.1 Å². The van der Waals surface area contributed by atoms with E-state index in [9.17, 15) is 24.6 Å². The summed E-state index contributed by atoms with van der Waals surface area (Å²) in [4.78, 5) is 43.7. The van der Waals surface area contributed by atoms with E-state index < -0.39 is 108 Å². The molecule has 356 valence electrons. The maximum absolute atomic E-state index is 14.5. The van der Waals surface area contributed by atoms with Crippen LogP contribution in [0.2, 0.25) is 0 Å². The number of carbonyl (C=O) groups is 3. The number of hydrogen-bond donors (Lipinski definition) is 3. The number of aliphatic hydroxyl groups excluding tert-OH is 1. The van der Waals surface area contributed by atoms with Crippen molar-refractivity contribution >= 4 is 17.8 Å². The Hall–Kier alpha value is -1.99. The number of rotatable bonds is 14. The number of ketones is 1. The van der Waals surface area contributed by atoms with Crippen molar-refractivity contribution in [3.8, 4) is 0 Å². The lowest BCUT2D eigenvalue weighted by molar-refractivity contribution is -0.319. The van der Waals surface area contributed by atoms with Crippen molar-refractivity contribution in [1.82, 2.24) is 10.2 Å². The fourth-order valence-electron chi connectivity index (χ4n) is 9.94. The molecule has 3 N–H and O–H groups in total. The average Bonchev–Trinajstić information content (AvgIpc) is 3.20. The molecule has 3 rings (SSSR count). The Morgan fingerprint density at radius 1 is 0.869 bits per heavy atom. The molecular formula is C45H82N2O14. The Labute approximate surface area is 365 Å². The fraction of sp³-hybridized carbons (Fsp3) is 0.933. The minimum absolute atomic E-state index is 0.109. The summed E-state index contributed by atoms with van der Waals surface area (Å²) in [5, 5.41) is 26.6. The number of esters is 1. The van der Waals surface area contributed by atoms with E-state index in [4.69, 9.17) is 42.6 Å². The number of aliphatic hydroxyl groups is 2. The Balaban J connectivity index is 2.18. The molecule has 0 aromatic heterocycles. The second-order valence-corrected chi connectivity index (χ2v) is 18.9. The smallest absolute Gasteiger partial charge is 0.407 e. The fourth-order valence-corrected chi connectivity index (χ4v) is 9.94.